The normalized spacial score (nSPS) is 20.6. The second-order valence-electron chi connectivity index (χ2n) is 8.56. The number of nitrogens with zero attached hydrogens (tertiary/aromatic N) is 4. The van der Waals surface area contributed by atoms with E-state index in [-0.39, 0.29) is 6.03 Å². The van der Waals surface area contributed by atoms with Crippen molar-refractivity contribution in [3.63, 3.8) is 0 Å². The summed E-state index contributed by atoms with van der Waals surface area (Å²) in [7, 11) is 0. The number of likely N-dealkylation sites (tertiary alicyclic amines) is 1. The molecular formula is C24H29N5OS. The van der Waals surface area contributed by atoms with Crippen LogP contribution < -0.4 is 10.2 Å². The summed E-state index contributed by atoms with van der Waals surface area (Å²) in [5, 5.41) is 5.21. The first-order chi connectivity index (χ1) is 15.3. The van der Waals surface area contributed by atoms with Gasteiger partial charge in [-0.2, -0.15) is 0 Å². The molecule has 0 bridgehead atoms. The topological polar surface area (TPSA) is 61.4 Å². The second-order valence-corrected chi connectivity index (χ2v) is 9.48. The number of nitrogens with one attached hydrogen (secondary N) is 1. The summed E-state index contributed by atoms with van der Waals surface area (Å²) in [6.45, 7) is 2.82. The number of carbonyl (C=O) groups is 1. The Bertz CT molecular complexity index is 1010. The van der Waals surface area contributed by atoms with Gasteiger partial charge in [-0.05, 0) is 55.2 Å². The predicted molar refractivity (Wildman–Crippen MR) is 127 cm³/mol. The van der Waals surface area contributed by atoms with Gasteiger partial charge in [-0.25, -0.2) is 14.8 Å². The third-order valence-corrected chi connectivity index (χ3v) is 7.59. The van der Waals surface area contributed by atoms with Gasteiger partial charge in [0.05, 0.1) is 10.2 Å². The van der Waals surface area contributed by atoms with Crippen LogP contribution in [0.15, 0.2) is 48.1 Å². The highest BCUT2D eigenvalue weighted by Gasteiger charge is 2.34. The standard InChI is InChI=1S/C24H29N5OS/c30-24(27-19-7-3-1-4-8-19)29-13-6-2-5-9-21(29)18-10-14-28(15-11-18)23-22-20(12-16-31-22)25-17-26-23/h1,3-4,7-8,12,16-18,21H,2,5-6,9-11,13-15H2,(H,27,30)/t21-/m0/s1. The fourth-order valence-corrected chi connectivity index (χ4v) is 5.95. The first-order valence-electron chi connectivity index (χ1n) is 11.4. The molecule has 2 aromatic heterocycles. The van der Waals surface area contributed by atoms with Crippen LogP contribution in [-0.2, 0) is 0 Å². The quantitative estimate of drug-likeness (QED) is 0.600. The smallest absolute Gasteiger partial charge is 0.322 e. The lowest BCUT2D eigenvalue weighted by molar-refractivity contribution is 0.146. The summed E-state index contributed by atoms with van der Waals surface area (Å²) < 4.78 is 1.18. The van der Waals surface area contributed by atoms with E-state index in [1.165, 1.54) is 17.5 Å². The average molecular weight is 436 g/mol. The number of amides is 2. The molecule has 7 heteroatoms. The van der Waals surface area contributed by atoms with Gasteiger partial charge in [0, 0.05) is 31.4 Å². The minimum absolute atomic E-state index is 0.0524. The van der Waals surface area contributed by atoms with Crippen molar-refractivity contribution in [1.29, 1.82) is 0 Å². The van der Waals surface area contributed by atoms with Gasteiger partial charge in [-0.1, -0.05) is 31.0 Å². The molecule has 1 N–H and O–H groups in total. The van der Waals surface area contributed by atoms with Crippen molar-refractivity contribution in [1.82, 2.24) is 14.9 Å². The van der Waals surface area contributed by atoms with Crippen LogP contribution in [0, 0.1) is 5.92 Å². The highest BCUT2D eigenvalue weighted by atomic mass is 32.1. The number of piperidine rings is 1. The van der Waals surface area contributed by atoms with E-state index in [0.29, 0.717) is 12.0 Å². The molecule has 6 nitrogen and oxygen atoms in total. The van der Waals surface area contributed by atoms with Crippen molar-refractivity contribution in [2.45, 2.75) is 44.6 Å². The number of fused-ring (bicyclic) bond motifs is 1. The maximum atomic E-state index is 13.2. The molecule has 0 unspecified atom stereocenters. The van der Waals surface area contributed by atoms with Gasteiger partial charge in [0.15, 0.2) is 0 Å². The number of hydrogen-bond donors (Lipinski definition) is 1. The summed E-state index contributed by atoms with van der Waals surface area (Å²) in [6.07, 6.45) is 8.48. The van der Waals surface area contributed by atoms with Crippen molar-refractivity contribution >= 4 is 39.1 Å². The molecule has 2 amide bonds. The highest BCUT2D eigenvalue weighted by molar-refractivity contribution is 7.17. The maximum Gasteiger partial charge on any atom is 0.322 e. The molecule has 2 aliphatic heterocycles. The summed E-state index contributed by atoms with van der Waals surface area (Å²) in [6, 6.07) is 12.2. The third-order valence-electron chi connectivity index (χ3n) is 6.69. The first-order valence-corrected chi connectivity index (χ1v) is 12.2. The first kappa shape index (κ1) is 20.2. The van der Waals surface area contributed by atoms with Crippen LogP contribution in [0.25, 0.3) is 10.2 Å². The van der Waals surface area contributed by atoms with Gasteiger partial charge in [0.2, 0.25) is 0 Å². The third kappa shape index (κ3) is 4.37. The Kier molecular flexibility index (Phi) is 6.02. The highest BCUT2D eigenvalue weighted by Crippen LogP contribution is 2.34. The number of aromatic nitrogens is 2. The van der Waals surface area contributed by atoms with E-state index in [2.05, 4.69) is 36.5 Å². The molecule has 31 heavy (non-hydrogen) atoms. The number of hydrogen-bond acceptors (Lipinski definition) is 5. The van der Waals surface area contributed by atoms with Crippen molar-refractivity contribution < 1.29 is 4.79 Å². The number of rotatable bonds is 3. The van der Waals surface area contributed by atoms with Gasteiger partial charge in [0.25, 0.3) is 0 Å². The van der Waals surface area contributed by atoms with Crippen LogP contribution in [-0.4, -0.2) is 46.6 Å². The van der Waals surface area contributed by atoms with Crippen LogP contribution in [0.1, 0.15) is 38.5 Å². The zero-order valence-electron chi connectivity index (χ0n) is 17.7. The Balaban J connectivity index is 1.28. The molecule has 1 aromatic carbocycles. The number of benzene rings is 1. The molecule has 2 fully saturated rings. The largest absolute Gasteiger partial charge is 0.355 e. The number of thiophene rings is 1. The molecule has 2 saturated heterocycles. The molecular weight excluding hydrogens is 406 g/mol. The van der Waals surface area contributed by atoms with E-state index in [1.54, 1.807) is 17.7 Å². The molecule has 3 aromatic rings. The Morgan fingerprint density at radius 1 is 0.968 bits per heavy atom. The lowest BCUT2D eigenvalue weighted by atomic mass is 9.86. The Labute approximate surface area is 187 Å². The average Bonchev–Trinajstić information content (AvgIpc) is 3.16. The minimum atomic E-state index is 0.0524. The summed E-state index contributed by atoms with van der Waals surface area (Å²) in [4.78, 5) is 26.7. The van der Waals surface area contributed by atoms with Crippen LogP contribution >= 0.6 is 11.3 Å². The van der Waals surface area contributed by atoms with E-state index in [9.17, 15) is 4.79 Å². The van der Waals surface area contributed by atoms with Crippen molar-refractivity contribution in [2.75, 3.05) is 29.9 Å². The van der Waals surface area contributed by atoms with Crippen LogP contribution in [0.3, 0.4) is 0 Å². The van der Waals surface area contributed by atoms with Gasteiger partial charge in [-0.3, -0.25) is 0 Å². The fraction of sp³-hybridized carbons (Fsp3) is 0.458. The van der Waals surface area contributed by atoms with E-state index < -0.39 is 0 Å². The zero-order chi connectivity index (χ0) is 21.0. The molecule has 5 rings (SSSR count). The number of carbonyl (C=O) groups excluding carboxylic acids is 1. The SMILES string of the molecule is O=C(Nc1ccccc1)N1CCCCC[C@H]1C1CCN(c2ncnc3ccsc23)CC1. The minimum Gasteiger partial charge on any atom is -0.355 e. The molecule has 2 aliphatic rings. The molecule has 0 radical (unpaired) electrons. The van der Waals surface area contributed by atoms with Crippen molar-refractivity contribution in [3.8, 4) is 0 Å². The van der Waals surface area contributed by atoms with Crippen molar-refractivity contribution in [2.24, 2.45) is 5.92 Å². The molecule has 0 saturated carbocycles. The summed E-state index contributed by atoms with van der Waals surface area (Å²) >= 11 is 1.72. The molecule has 162 valence electrons. The van der Waals surface area contributed by atoms with E-state index >= 15 is 0 Å². The monoisotopic (exact) mass is 435 g/mol. The van der Waals surface area contributed by atoms with Gasteiger partial charge < -0.3 is 15.1 Å². The maximum absolute atomic E-state index is 13.2. The Morgan fingerprint density at radius 3 is 2.65 bits per heavy atom. The van der Waals surface area contributed by atoms with Gasteiger partial charge in [-0.15, -0.1) is 11.3 Å². The lowest BCUT2D eigenvalue weighted by Crippen LogP contribution is -2.49. The molecule has 0 aliphatic carbocycles. The fourth-order valence-electron chi connectivity index (χ4n) is 5.09. The van der Waals surface area contributed by atoms with E-state index in [4.69, 9.17) is 0 Å². The van der Waals surface area contributed by atoms with E-state index in [1.807, 2.05) is 30.3 Å². The van der Waals surface area contributed by atoms with Gasteiger partial charge in [0.1, 0.15) is 12.1 Å². The predicted octanol–water partition coefficient (Wildman–Crippen LogP) is 5.38. The van der Waals surface area contributed by atoms with Crippen molar-refractivity contribution in [3.05, 3.63) is 48.1 Å². The number of urea groups is 1. The summed E-state index contributed by atoms with van der Waals surface area (Å²) in [5.74, 6) is 1.61. The Morgan fingerprint density at radius 2 is 1.81 bits per heavy atom. The number of anilines is 2. The van der Waals surface area contributed by atoms with Crippen LogP contribution in [0.5, 0.6) is 0 Å². The lowest BCUT2D eigenvalue weighted by Gasteiger charge is -2.41. The summed E-state index contributed by atoms with van der Waals surface area (Å²) in [5.41, 5.74) is 1.90. The molecule has 1 atom stereocenters. The van der Waals surface area contributed by atoms with Crippen LogP contribution in [0.4, 0.5) is 16.3 Å². The molecule has 4 heterocycles. The zero-order valence-corrected chi connectivity index (χ0v) is 18.6. The van der Waals surface area contributed by atoms with E-state index in [0.717, 1.165) is 62.3 Å². The second kappa shape index (κ2) is 9.22. The number of para-hydroxylation sites is 1. The molecule has 0 spiro atoms. The Hall–Kier alpha value is -2.67. The van der Waals surface area contributed by atoms with Gasteiger partial charge >= 0.3 is 6.03 Å². The van der Waals surface area contributed by atoms with Crippen LogP contribution in [0.2, 0.25) is 0 Å².